The summed E-state index contributed by atoms with van der Waals surface area (Å²) in [5, 5.41) is 14.8. The Labute approximate surface area is 118 Å². The van der Waals surface area contributed by atoms with Crippen LogP contribution in [-0.2, 0) is 9.59 Å². The molecule has 20 heavy (non-hydrogen) atoms. The normalized spacial score (nSPS) is 15.6. The van der Waals surface area contributed by atoms with Crippen molar-refractivity contribution in [1.82, 2.24) is 10.6 Å². The number of nitrogens with one attached hydrogen (secondary N) is 2. The molecule has 1 aliphatic rings. The zero-order valence-electron chi connectivity index (χ0n) is 11.3. The molecule has 1 unspecified atom stereocenters. The summed E-state index contributed by atoms with van der Waals surface area (Å²) in [5.41, 5.74) is 0.811. The number of carbonyl (C=O) groups is 2. The first-order valence-electron chi connectivity index (χ1n) is 6.92. The molecule has 0 radical (unpaired) electrons. The van der Waals surface area contributed by atoms with Gasteiger partial charge >= 0.3 is 5.97 Å². The molecule has 1 aromatic carbocycles. The van der Waals surface area contributed by atoms with E-state index >= 15 is 0 Å². The van der Waals surface area contributed by atoms with Crippen LogP contribution in [0.25, 0.3) is 0 Å². The van der Waals surface area contributed by atoms with Gasteiger partial charge in [-0.15, -0.1) is 0 Å². The summed E-state index contributed by atoms with van der Waals surface area (Å²) in [6, 6.07) is 8.70. The topological polar surface area (TPSA) is 78.4 Å². The molecule has 5 heteroatoms. The van der Waals surface area contributed by atoms with Crippen molar-refractivity contribution in [1.29, 1.82) is 0 Å². The lowest BCUT2D eigenvalue weighted by Gasteiger charge is -2.17. The van der Waals surface area contributed by atoms with Crippen LogP contribution >= 0.6 is 0 Å². The largest absolute Gasteiger partial charge is 0.481 e. The third kappa shape index (κ3) is 5.01. The van der Waals surface area contributed by atoms with E-state index in [-0.39, 0.29) is 18.9 Å². The summed E-state index contributed by atoms with van der Waals surface area (Å²) in [6.45, 7) is 1.10. The number of benzene rings is 1. The molecule has 1 saturated carbocycles. The maximum Gasteiger partial charge on any atom is 0.305 e. The molecule has 5 nitrogen and oxygen atoms in total. The van der Waals surface area contributed by atoms with E-state index in [2.05, 4.69) is 10.6 Å². The Morgan fingerprint density at radius 3 is 2.55 bits per heavy atom. The Morgan fingerprint density at radius 2 is 1.95 bits per heavy atom. The van der Waals surface area contributed by atoms with Crippen molar-refractivity contribution in [2.24, 2.45) is 5.92 Å². The highest BCUT2D eigenvalue weighted by atomic mass is 16.4. The first-order chi connectivity index (χ1) is 9.65. The lowest BCUT2D eigenvalue weighted by atomic mass is 10.0. The predicted molar refractivity (Wildman–Crippen MR) is 75.2 cm³/mol. The second-order valence-electron chi connectivity index (χ2n) is 5.20. The molecule has 0 heterocycles. The molecule has 2 rings (SSSR count). The van der Waals surface area contributed by atoms with Crippen LogP contribution in [0.4, 0.5) is 0 Å². The lowest BCUT2D eigenvalue weighted by molar-refractivity contribution is -0.137. The van der Waals surface area contributed by atoms with Crippen molar-refractivity contribution in [3.63, 3.8) is 0 Å². The summed E-state index contributed by atoms with van der Waals surface area (Å²) >= 11 is 0. The summed E-state index contributed by atoms with van der Waals surface area (Å²) in [4.78, 5) is 22.8. The van der Waals surface area contributed by atoms with Crippen molar-refractivity contribution in [2.45, 2.75) is 25.3 Å². The highest BCUT2D eigenvalue weighted by Crippen LogP contribution is 2.27. The van der Waals surface area contributed by atoms with Gasteiger partial charge < -0.3 is 15.7 Å². The number of aliphatic carboxylic acids is 1. The van der Waals surface area contributed by atoms with Gasteiger partial charge in [-0.3, -0.25) is 9.59 Å². The second kappa shape index (κ2) is 7.05. The van der Waals surface area contributed by atoms with E-state index in [1.165, 1.54) is 12.8 Å². The van der Waals surface area contributed by atoms with Crippen LogP contribution in [0.15, 0.2) is 30.3 Å². The van der Waals surface area contributed by atoms with E-state index in [9.17, 15) is 9.59 Å². The molecule has 1 aromatic rings. The molecule has 0 bridgehead atoms. The number of carboxylic acid groups (broad SMARTS) is 1. The van der Waals surface area contributed by atoms with E-state index in [0.29, 0.717) is 5.92 Å². The van der Waals surface area contributed by atoms with Gasteiger partial charge in [0.1, 0.15) is 0 Å². The SMILES string of the molecule is O=C(O)CC(NC(=O)CNCC1CC1)c1ccccc1. The smallest absolute Gasteiger partial charge is 0.305 e. The lowest BCUT2D eigenvalue weighted by Crippen LogP contribution is -2.37. The molecule has 0 aromatic heterocycles. The van der Waals surface area contributed by atoms with Crippen molar-refractivity contribution in [3.8, 4) is 0 Å². The number of rotatable bonds is 8. The minimum atomic E-state index is -0.926. The van der Waals surface area contributed by atoms with Gasteiger partial charge in [0.15, 0.2) is 0 Å². The zero-order chi connectivity index (χ0) is 14.4. The van der Waals surface area contributed by atoms with Gasteiger partial charge in [0.05, 0.1) is 19.0 Å². The van der Waals surface area contributed by atoms with Crippen LogP contribution in [0.3, 0.4) is 0 Å². The minimum Gasteiger partial charge on any atom is -0.481 e. The fraction of sp³-hybridized carbons (Fsp3) is 0.467. The Bertz CT molecular complexity index is 457. The molecule has 1 amide bonds. The average molecular weight is 276 g/mol. The van der Waals surface area contributed by atoms with E-state index in [1.54, 1.807) is 0 Å². The molecule has 0 aliphatic heterocycles. The third-order valence-corrected chi connectivity index (χ3v) is 3.33. The Morgan fingerprint density at radius 1 is 1.25 bits per heavy atom. The highest BCUT2D eigenvalue weighted by molar-refractivity contribution is 5.79. The first kappa shape index (κ1) is 14.5. The molecule has 1 aliphatic carbocycles. The maximum atomic E-state index is 11.8. The van der Waals surface area contributed by atoms with Gasteiger partial charge in [-0.1, -0.05) is 30.3 Å². The molecule has 1 fully saturated rings. The minimum absolute atomic E-state index is 0.113. The number of hydrogen-bond acceptors (Lipinski definition) is 3. The van der Waals surface area contributed by atoms with E-state index in [0.717, 1.165) is 12.1 Å². The maximum absolute atomic E-state index is 11.8. The van der Waals surface area contributed by atoms with Crippen LogP contribution in [0.1, 0.15) is 30.9 Å². The molecule has 0 spiro atoms. The summed E-state index contributed by atoms with van der Waals surface area (Å²) in [5.74, 6) is -0.377. The Hall–Kier alpha value is -1.88. The summed E-state index contributed by atoms with van der Waals surface area (Å²) in [7, 11) is 0. The van der Waals surface area contributed by atoms with Crippen LogP contribution in [0.5, 0.6) is 0 Å². The number of amides is 1. The monoisotopic (exact) mass is 276 g/mol. The van der Waals surface area contributed by atoms with Gasteiger partial charge in [0.25, 0.3) is 0 Å². The molecule has 1 atom stereocenters. The van der Waals surface area contributed by atoms with E-state index < -0.39 is 12.0 Å². The fourth-order valence-corrected chi connectivity index (χ4v) is 2.07. The number of carboxylic acids is 1. The zero-order valence-corrected chi connectivity index (χ0v) is 11.3. The van der Waals surface area contributed by atoms with Crippen molar-refractivity contribution in [3.05, 3.63) is 35.9 Å². The van der Waals surface area contributed by atoms with Crippen LogP contribution < -0.4 is 10.6 Å². The van der Waals surface area contributed by atoms with Crippen molar-refractivity contribution < 1.29 is 14.7 Å². The van der Waals surface area contributed by atoms with Gasteiger partial charge in [-0.25, -0.2) is 0 Å². The molecule has 0 saturated heterocycles. The quantitative estimate of drug-likeness (QED) is 0.669. The highest BCUT2D eigenvalue weighted by Gasteiger charge is 2.21. The first-order valence-corrected chi connectivity index (χ1v) is 6.92. The Kier molecular flexibility index (Phi) is 5.12. The third-order valence-electron chi connectivity index (χ3n) is 3.33. The van der Waals surface area contributed by atoms with Gasteiger partial charge in [0.2, 0.25) is 5.91 Å². The summed E-state index contributed by atoms with van der Waals surface area (Å²) < 4.78 is 0. The number of carbonyl (C=O) groups excluding carboxylic acids is 1. The molecule has 108 valence electrons. The molecular formula is C15H20N2O3. The fourth-order valence-electron chi connectivity index (χ4n) is 2.07. The van der Waals surface area contributed by atoms with E-state index in [4.69, 9.17) is 5.11 Å². The molecule has 3 N–H and O–H groups in total. The standard InChI is InChI=1S/C15H20N2O3/c18-14(10-16-9-11-6-7-11)17-13(8-15(19)20)12-4-2-1-3-5-12/h1-5,11,13,16H,6-10H2,(H,17,18)(H,19,20). The average Bonchev–Trinajstić information content (AvgIpc) is 3.23. The molecular weight excluding hydrogens is 256 g/mol. The summed E-state index contributed by atoms with van der Waals surface area (Å²) in [6.07, 6.45) is 2.36. The van der Waals surface area contributed by atoms with Crippen molar-refractivity contribution >= 4 is 11.9 Å². The van der Waals surface area contributed by atoms with Crippen molar-refractivity contribution in [2.75, 3.05) is 13.1 Å². The van der Waals surface area contributed by atoms with Gasteiger partial charge in [-0.05, 0) is 30.9 Å². The van der Waals surface area contributed by atoms with Crippen LogP contribution in [0.2, 0.25) is 0 Å². The van der Waals surface area contributed by atoms with E-state index in [1.807, 2.05) is 30.3 Å². The number of hydrogen-bond donors (Lipinski definition) is 3. The van der Waals surface area contributed by atoms with Crippen LogP contribution in [0, 0.1) is 5.92 Å². The van der Waals surface area contributed by atoms with Gasteiger partial charge in [0, 0.05) is 0 Å². The van der Waals surface area contributed by atoms with Gasteiger partial charge in [-0.2, -0.15) is 0 Å². The second-order valence-corrected chi connectivity index (χ2v) is 5.20. The predicted octanol–water partition coefficient (Wildman–Crippen LogP) is 1.32. The Balaban J connectivity index is 1.85. The van der Waals surface area contributed by atoms with Crippen LogP contribution in [-0.4, -0.2) is 30.1 Å².